The van der Waals surface area contributed by atoms with Crippen LogP contribution in [0.25, 0.3) is 0 Å². The molecule has 2 fully saturated rings. The summed E-state index contributed by atoms with van der Waals surface area (Å²) in [6.45, 7) is 2.01. The van der Waals surface area contributed by atoms with Gasteiger partial charge in [0.05, 0.1) is 6.04 Å². The second kappa shape index (κ2) is 7.03. The van der Waals surface area contributed by atoms with Gasteiger partial charge in [-0.15, -0.1) is 0 Å². The van der Waals surface area contributed by atoms with E-state index in [9.17, 15) is 9.59 Å². The van der Waals surface area contributed by atoms with Crippen LogP contribution in [0.4, 0.5) is 0 Å². The van der Waals surface area contributed by atoms with Gasteiger partial charge in [0, 0.05) is 6.42 Å². The minimum absolute atomic E-state index is 0.101. The zero-order chi connectivity index (χ0) is 12.8. The molecule has 1 heterocycles. The molecule has 0 bridgehead atoms. The van der Waals surface area contributed by atoms with Crippen molar-refractivity contribution < 1.29 is 9.59 Å². The third kappa shape index (κ3) is 3.64. The maximum atomic E-state index is 12.2. The van der Waals surface area contributed by atoms with Crippen LogP contribution in [-0.2, 0) is 9.59 Å². The summed E-state index contributed by atoms with van der Waals surface area (Å²) in [4.78, 5) is 26.3. The van der Waals surface area contributed by atoms with Gasteiger partial charge in [-0.05, 0) is 38.8 Å². The van der Waals surface area contributed by atoms with Gasteiger partial charge >= 0.3 is 0 Å². The lowest BCUT2D eigenvalue weighted by atomic mass is 9.92. The van der Waals surface area contributed by atoms with Crippen LogP contribution in [0, 0.1) is 0 Å². The maximum absolute atomic E-state index is 12.2. The van der Waals surface area contributed by atoms with Crippen LogP contribution in [0.5, 0.6) is 0 Å². The Morgan fingerprint density at radius 3 is 2.11 bits per heavy atom. The third-order valence-electron chi connectivity index (χ3n) is 4.29. The molecule has 2 rings (SSSR count). The molecule has 102 valence electrons. The summed E-state index contributed by atoms with van der Waals surface area (Å²) in [5.74, 6) is -0.225. The Morgan fingerprint density at radius 1 is 0.778 bits per heavy atom. The second-order valence-corrected chi connectivity index (χ2v) is 5.71. The highest BCUT2D eigenvalue weighted by atomic mass is 16.2. The molecular formula is C15H25NO2. The largest absolute Gasteiger partial charge is 0.293 e. The minimum atomic E-state index is -0.123. The standard InChI is InChI=1S/C15H25NO2/c17-14-10-6-4-5-9-13(15(14)18)16-11-7-2-1-3-8-12-16/h13H,1-12H2. The van der Waals surface area contributed by atoms with E-state index in [1.807, 2.05) is 0 Å². The lowest BCUT2D eigenvalue weighted by Crippen LogP contribution is -2.46. The van der Waals surface area contributed by atoms with Crippen molar-refractivity contribution in [3.05, 3.63) is 0 Å². The number of ketones is 2. The van der Waals surface area contributed by atoms with E-state index in [1.54, 1.807) is 0 Å². The number of carbonyl (C=O) groups is 2. The maximum Gasteiger partial charge on any atom is 0.215 e. The quantitative estimate of drug-likeness (QED) is 0.672. The summed E-state index contributed by atoms with van der Waals surface area (Å²) in [5.41, 5.74) is 0. The molecule has 1 saturated carbocycles. The van der Waals surface area contributed by atoms with Crippen LogP contribution in [0.2, 0.25) is 0 Å². The highest BCUT2D eigenvalue weighted by molar-refractivity contribution is 6.39. The van der Waals surface area contributed by atoms with Gasteiger partial charge in [0.2, 0.25) is 5.78 Å². The average Bonchev–Trinajstić information content (AvgIpc) is 2.32. The number of rotatable bonds is 1. The summed E-state index contributed by atoms with van der Waals surface area (Å²) < 4.78 is 0. The highest BCUT2D eigenvalue weighted by Gasteiger charge is 2.30. The molecule has 3 nitrogen and oxygen atoms in total. The van der Waals surface area contributed by atoms with E-state index in [1.165, 1.54) is 32.1 Å². The van der Waals surface area contributed by atoms with Crippen molar-refractivity contribution in [2.75, 3.05) is 13.1 Å². The van der Waals surface area contributed by atoms with Crippen molar-refractivity contribution in [3.8, 4) is 0 Å². The second-order valence-electron chi connectivity index (χ2n) is 5.71. The average molecular weight is 251 g/mol. The van der Waals surface area contributed by atoms with E-state index in [2.05, 4.69) is 4.90 Å². The summed E-state index contributed by atoms with van der Waals surface area (Å²) in [6, 6.07) is -0.101. The van der Waals surface area contributed by atoms with Crippen LogP contribution in [0.1, 0.15) is 64.2 Å². The van der Waals surface area contributed by atoms with Gasteiger partial charge in [-0.1, -0.05) is 32.1 Å². The molecule has 1 aliphatic heterocycles. The minimum Gasteiger partial charge on any atom is -0.293 e. The van der Waals surface area contributed by atoms with Crippen LogP contribution in [0.3, 0.4) is 0 Å². The fourth-order valence-electron chi connectivity index (χ4n) is 3.17. The van der Waals surface area contributed by atoms with Crippen LogP contribution < -0.4 is 0 Å². The number of hydrogen-bond acceptors (Lipinski definition) is 3. The SMILES string of the molecule is O=C1CCCCCC(N2CCCCCCC2)C1=O. The smallest absolute Gasteiger partial charge is 0.215 e. The predicted molar refractivity (Wildman–Crippen MR) is 71.5 cm³/mol. The Hall–Kier alpha value is -0.700. The first-order valence-corrected chi connectivity index (χ1v) is 7.60. The van der Waals surface area contributed by atoms with Gasteiger partial charge in [0.25, 0.3) is 0 Å². The zero-order valence-corrected chi connectivity index (χ0v) is 11.3. The molecule has 1 unspecified atom stereocenters. The normalized spacial score (nSPS) is 29.2. The molecule has 2 aliphatic rings. The summed E-state index contributed by atoms with van der Waals surface area (Å²) in [7, 11) is 0. The highest BCUT2D eigenvalue weighted by Crippen LogP contribution is 2.20. The van der Waals surface area contributed by atoms with Crippen LogP contribution >= 0.6 is 0 Å². The van der Waals surface area contributed by atoms with E-state index < -0.39 is 0 Å². The van der Waals surface area contributed by atoms with Crippen LogP contribution in [0.15, 0.2) is 0 Å². The zero-order valence-electron chi connectivity index (χ0n) is 11.3. The topological polar surface area (TPSA) is 37.4 Å². The van der Waals surface area contributed by atoms with Gasteiger partial charge in [-0.3, -0.25) is 14.5 Å². The van der Waals surface area contributed by atoms with E-state index in [0.29, 0.717) is 6.42 Å². The monoisotopic (exact) mass is 251 g/mol. The third-order valence-corrected chi connectivity index (χ3v) is 4.29. The van der Waals surface area contributed by atoms with E-state index >= 15 is 0 Å². The fraction of sp³-hybridized carbons (Fsp3) is 0.867. The van der Waals surface area contributed by atoms with Crippen molar-refractivity contribution >= 4 is 11.6 Å². The summed E-state index contributed by atoms with van der Waals surface area (Å²) in [6.07, 6.45) is 10.7. The Bertz CT molecular complexity index is 293. The predicted octanol–water partition coefficient (Wildman–Crippen LogP) is 2.72. The number of carbonyl (C=O) groups excluding carboxylic acids is 2. The van der Waals surface area contributed by atoms with Gasteiger partial charge < -0.3 is 0 Å². The van der Waals surface area contributed by atoms with Crippen molar-refractivity contribution in [1.82, 2.24) is 4.90 Å². The van der Waals surface area contributed by atoms with Crippen molar-refractivity contribution in [3.63, 3.8) is 0 Å². The molecule has 18 heavy (non-hydrogen) atoms. The molecule has 1 atom stereocenters. The molecule has 0 N–H and O–H groups in total. The number of hydrogen-bond donors (Lipinski definition) is 0. The van der Waals surface area contributed by atoms with Gasteiger partial charge in [-0.25, -0.2) is 0 Å². The first kappa shape index (κ1) is 13.7. The molecule has 0 aromatic heterocycles. The fourth-order valence-corrected chi connectivity index (χ4v) is 3.17. The summed E-state index contributed by atoms with van der Waals surface area (Å²) >= 11 is 0. The van der Waals surface area contributed by atoms with Gasteiger partial charge in [0.1, 0.15) is 0 Å². The van der Waals surface area contributed by atoms with Crippen LogP contribution in [-0.4, -0.2) is 35.6 Å². The summed E-state index contributed by atoms with van der Waals surface area (Å²) in [5, 5.41) is 0. The first-order valence-electron chi connectivity index (χ1n) is 7.60. The number of Topliss-reactive ketones (excluding diaryl/α,β-unsaturated/α-hetero) is 2. The van der Waals surface area contributed by atoms with Gasteiger partial charge in [0.15, 0.2) is 5.78 Å². The lowest BCUT2D eigenvalue weighted by molar-refractivity contribution is -0.140. The first-order chi connectivity index (χ1) is 8.79. The Labute approximate surface area is 110 Å². The Kier molecular flexibility index (Phi) is 5.36. The molecule has 0 aromatic carbocycles. The number of likely N-dealkylation sites (tertiary alicyclic amines) is 1. The molecule has 0 amide bonds. The lowest BCUT2D eigenvalue weighted by Gasteiger charge is -2.32. The number of nitrogens with zero attached hydrogens (tertiary/aromatic N) is 1. The molecule has 0 aromatic rings. The molecule has 0 spiro atoms. The van der Waals surface area contributed by atoms with Crippen molar-refractivity contribution in [1.29, 1.82) is 0 Å². The Balaban J connectivity index is 2.01. The molecule has 1 aliphatic carbocycles. The van der Waals surface area contributed by atoms with Crippen molar-refractivity contribution in [2.45, 2.75) is 70.3 Å². The molecule has 1 saturated heterocycles. The molecule has 0 radical (unpaired) electrons. The van der Waals surface area contributed by atoms with Crippen molar-refractivity contribution in [2.24, 2.45) is 0 Å². The molecular weight excluding hydrogens is 226 g/mol. The van der Waals surface area contributed by atoms with E-state index in [-0.39, 0.29) is 17.6 Å². The van der Waals surface area contributed by atoms with E-state index in [0.717, 1.165) is 38.8 Å². The van der Waals surface area contributed by atoms with Gasteiger partial charge in [-0.2, -0.15) is 0 Å². The van der Waals surface area contributed by atoms with E-state index in [4.69, 9.17) is 0 Å². The Morgan fingerprint density at radius 2 is 1.39 bits per heavy atom. The molecule has 3 heteroatoms.